The topological polar surface area (TPSA) is 69.3 Å². The summed E-state index contributed by atoms with van der Waals surface area (Å²) < 4.78 is 12.7. The largest absolute Gasteiger partial charge is 0.467 e. The fourth-order valence-corrected chi connectivity index (χ4v) is 4.29. The van der Waals surface area contributed by atoms with E-state index in [4.69, 9.17) is 14.1 Å². The number of carbonyl (C=O) groups excluding carboxylic acids is 1. The third kappa shape index (κ3) is 4.78. The zero-order valence-electron chi connectivity index (χ0n) is 17.6. The Balaban J connectivity index is 1.67. The van der Waals surface area contributed by atoms with Gasteiger partial charge in [0.25, 0.3) is 5.91 Å². The van der Waals surface area contributed by atoms with Crippen LogP contribution in [0.4, 0.5) is 0 Å². The van der Waals surface area contributed by atoms with Gasteiger partial charge in [-0.2, -0.15) is 0 Å². The number of furan rings is 1. The van der Waals surface area contributed by atoms with Crippen LogP contribution in [0.2, 0.25) is 0 Å². The van der Waals surface area contributed by atoms with Crippen LogP contribution in [0.15, 0.2) is 64.6 Å². The molecule has 0 unspecified atom stereocenters. The highest BCUT2D eigenvalue weighted by atomic mass is 32.1. The number of rotatable bonds is 9. The third-order valence-electron chi connectivity index (χ3n) is 5.10. The molecule has 4 rings (SSSR count). The molecule has 0 fully saturated rings. The van der Waals surface area contributed by atoms with Gasteiger partial charge in [-0.1, -0.05) is 30.3 Å². The molecular formula is C24H25N3O3S. The number of hydrogen-bond donors (Lipinski definition) is 1. The van der Waals surface area contributed by atoms with Gasteiger partial charge in [-0.05, 0) is 31.5 Å². The van der Waals surface area contributed by atoms with E-state index in [0.717, 1.165) is 39.8 Å². The Morgan fingerprint density at radius 1 is 1.23 bits per heavy atom. The SMILES string of the molecule is COCCCNC(=O)c1cc(-c2csc(-c3ccccc3)n2)n(Cc2ccco2)c1C. The van der Waals surface area contributed by atoms with Gasteiger partial charge < -0.3 is 19.0 Å². The smallest absolute Gasteiger partial charge is 0.253 e. The molecule has 7 heteroatoms. The quantitative estimate of drug-likeness (QED) is 0.376. The van der Waals surface area contributed by atoms with E-state index < -0.39 is 0 Å². The Kier molecular flexibility index (Phi) is 6.64. The van der Waals surface area contributed by atoms with E-state index in [2.05, 4.69) is 22.0 Å². The standard InChI is InChI=1S/C24H25N3O3S/c1-17-20(23(28)25-11-7-12-29-2)14-22(27(17)15-19-10-6-13-30-19)21-16-31-24(26-21)18-8-4-3-5-9-18/h3-6,8-10,13-14,16H,7,11-12,15H2,1-2H3,(H,25,28). The highest BCUT2D eigenvalue weighted by Crippen LogP contribution is 2.32. The van der Waals surface area contributed by atoms with Crippen molar-refractivity contribution < 1.29 is 13.9 Å². The van der Waals surface area contributed by atoms with Gasteiger partial charge in [0.05, 0.1) is 29.8 Å². The predicted molar refractivity (Wildman–Crippen MR) is 122 cm³/mol. The van der Waals surface area contributed by atoms with Gasteiger partial charge in [0.2, 0.25) is 0 Å². The van der Waals surface area contributed by atoms with Crippen molar-refractivity contribution in [1.82, 2.24) is 14.9 Å². The van der Waals surface area contributed by atoms with Gasteiger partial charge >= 0.3 is 0 Å². The highest BCUT2D eigenvalue weighted by Gasteiger charge is 2.21. The number of carbonyl (C=O) groups is 1. The van der Waals surface area contributed by atoms with Crippen LogP contribution in [0.3, 0.4) is 0 Å². The van der Waals surface area contributed by atoms with Crippen LogP contribution in [-0.4, -0.2) is 35.7 Å². The summed E-state index contributed by atoms with van der Waals surface area (Å²) in [6.07, 6.45) is 2.43. The zero-order chi connectivity index (χ0) is 21.6. The number of amides is 1. The van der Waals surface area contributed by atoms with E-state index in [1.54, 1.807) is 24.7 Å². The van der Waals surface area contributed by atoms with Crippen molar-refractivity contribution >= 4 is 17.2 Å². The van der Waals surface area contributed by atoms with E-state index in [1.165, 1.54) is 0 Å². The number of methoxy groups -OCH3 is 1. The van der Waals surface area contributed by atoms with Gasteiger partial charge in [-0.25, -0.2) is 4.98 Å². The van der Waals surface area contributed by atoms with Crippen LogP contribution in [0.1, 0.15) is 28.2 Å². The molecule has 0 radical (unpaired) electrons. The number of aromatic nitrogens is 2. The second-order valence-corrected chi connectivity index (χ2v) is 8.06. The first-order valence-corrected chi connectivity index (χ1v) is 11.1. The minimum atomic E-state index is -0.0911. The molecule has 4 aromatic rings. The molecule has 3 aromatic heterocycles. The molecule has 160 valence electrons. The van der Waals surface area contributed by atoms with Crippen LogP contribution < -0.4 is 5.32 Å². The maximum atomic E-state index is 12.8. The molecule has 6 nitrogen and oxygen atoms in total. The van der Waals surface area contributed by atoms with Crippen LogP contribution in [0, 0.1) is 6.92 Å². The lowest BCUT2D eigenvalue weighted by molar-refractivity contribution is 0.0948. The van der Waals surface area contributed by atoms with Crippen molar-refractivity contribution in [2.45, 2.75) is 19.9 Å². The summed E-state index contributed by atoms with van der Waals surface area (Å²) in [4.78, 5) is 17.7. The summed E-state index contributed by atoms with van der Waals surface area (Å²) in [5.41, 5.74) is 4.35. The van der Waals surface area contributed by atoms with Crippen LogP contribution in [0.25, 0.3) is 22.0 Å². The van der Waals surface area contributed by atoms with Gasteiger partial charge in [-0.3, -0.25) is 4.79 Å². The molecule has 1 N–H and O–H groups in total. The molecule has 3 heterocycles. The molecule has 31 heavy (non-hydrogen) atoms. The van der Waals surface area contributed by atoms with E-state index in [0.29, 0.717) is 25.3 Å². The molecule has 1 amide bonds. The van der Waals surface area contributed by atoms with Crippen molar-refractivity contribution in [2.24, 2.45) is 0 Å². The fraction of sp³-hybridized carbons (Fsp3) is 0.250. The highest BCUT2D eigenvalue weighted by molar-refractivity contribution is 7.13. The Morgan fingerprint density at radius 3 is 2.81 bits per heavy atom. The summed E-state index contributed by atoms with van der Waals surface area (Å²) in [6, 6.07) is 15.8. The second-order valence-electron chi connectivity index (χ2n) is 7.20. The number of benzene rings is 1. The lowest BCUT2D eigenvalue weighted by atomic mass is 10.2. The molecular weight excluding hydrogens is 410 g/mol. The summed E-state index contributed by atoms with van der Waals surface area (Å²) in [5, 5.41) is 5.97. The second kappa shape index (κ2) is 9.76. The molecule has 0 aliphatic heterocycles. The normalized spacial score (nSPS) is 11.0. The zero-order valence-corrected chi connectivity index (χ0v) is 18.4. The maximum Gasteiger partial charge on any atom is 0.253 e. The Morgan fingerprint density at radius 2 is 2.06 bits per heavy atom. The lowest BCUT2D eigenvalue weighted by Gasteiger charge is -2.09. The van der Waals surface area contributed by atoms with E-state index in [-0.39, 0.29) is 5.91 Å². The molecule has 0 atom stereocenters. The number of nitrogens with zero attached hydrogens (tertiary/aromatic N) is 2. The molecule has 0 aliphatic carbocycles. The summed E-state index contributed by atoms with van der Waals surface area (Å²) in [5.74, 6) is 0.733. The lowest BCUT2D eigenvalue weighted by Crippen LogP contribution is -2.25. The van der Waals surface area contributed by atoms with Crippen LogP contribution in [0.5, 0.6) is 0 Å². The predicted octanol–water partition coefficient (Wildman–Crippen LogP) is 4.99. The minimum absolute atomic E-state index is 0.0911. The maximum absolute atomic E-state index is 12.8. The molecule has 1 aromatic carbocycles. The molecule has 0 spiro atoms. The third-order valence-corrected chi connectivity index (χ3v) is 5.99. The molecule has 0 saturated carbocycles. The minimum Gasteiger partial charge on any atom is -0.467 e. The summed E-state index contributed by atoms with van der Waals surface area (Å²) in [7, 11) is 1.66. The van der Waals surface area contributed by atoms with Gasteiger partial charge in [0.1, 0.15) is 10.8 Å². The Bertz CT molecular complexity index is 1130. The van der Waals surface area contributed by atoms with Crippen molar-refractivity contribution in [3.63, 3.8) is 0 Å². The van der Waals surface area contributed by atoms with Crippen LogP contribution >= 0.6 is 11.3 Å². The number of hydrogen-bond acceptors (Lipinski definition) is 5. The Labute approximate surface area is 185 Å². The van der Waals surface area contributed by atoms with Crippen molar-refractivity contribution in [2.75, 3.05) is 20.3 Å². The first-order valence-electron chi connectivity index (χ1n) is 10.2. The molecule has 0 saturated heterocycles. The Hall–Kier alpha value is -3.16. The number of ether oxygens (including phenoxy) is 1. The van der Waals surface area contributed by atoms with Crippen LogP contribution in [-0.2, 0) is 11.3 Å². The van der Waals surface area contributed by atoms with Gasteiger partial charge in [-0.15, -0.1) is 11.3 Å². The molecule has 0 aliphatic rings. The molecule has 0 bridgehead atoms. The monoisotopic (exact) mass is 435 g/mol. The van der Waals surface area contributed by atoms with E-state index >= 15 is 0 Å². The van der Waals surface area contributed by atoms with Crippen molar-refractivity contribution in [1.29, 1.82) is 0 Å². The number of thiazole rings is 1. The van der Waals surface area contributed by atoms with E-state index in [9.17, 15) is 4.79 Å². The van der Waals surface area contributed by atoms with Gasteiger partial charge in [0, 0.05) is 36.9 Å². The average Bonchev–Trinajstić information content (AvgIpc) is 3.54. The average molecular weight is 436 g/mol. The van der Waals surface area contributed by atoms with Gasteiger partial charge in [0.15, 0.2) is 0 Å². The first-order chi connectivity index (χ1) is 15.2. The van der Waals surface area contributed by atoms with Crippen molar-refractivity contribution in [3.05, 3.63) is 77.2 Å². The summed E-state index contributed by atoms with van der Waals surface area (Å²) >= 11 is 1.59. The van der Waals surface area contributed by atoms with E-state index in [1.807, 2.05) is 48.7 Å². The first kappa shape index (κ1) is 21.1. The fourth-order valence-electron chi connectivity index (χ4n) is 3.47. The van der Waals surface area contributed by atoms with Crippen molar-refractivity contribution in [3.8, 4) is 22.0 Å². The number of nitrogens with one attached hydrogen (secondary N) is 1. The summed E-state index contributed by atoms with van der Waals surface area (Å²) in [6.45, 7) is 3.68.